The third-order valence-corrected chi connectivity index (χ3v) is 7.85. The topological polar surface area (TPSA) is 486 Å². The number of unbranched alkanes of at least 4 members (excludes halogenated alkanes) is 1. The van der Waals surface area contributed by atoms with Gasteiger partial charge in [0.1, 0.15) is 30.2 Å². The Kier molecular flexibility index (Phi) is 25.4. The first-order valence-corrected chi connectivity index (χ1v) is 18.0. The standard InChI is InChI=1S/C31H60N16O10/c32-10-2-1-6-16(33)23(51)43-17(7-3-11-40-29(34)35)26(54)47-21(15-48)27(55)45-18(8-4-12-41-30(36)37)24(52)44-19(9-5-13-42-31(38)39)25(53)46-20(28(56)57)14-22(49)50/h16-21,48H,1-15,32-33H2,(H,43,51)(H,44,52)(H,45,55)(H,46,53)(H,47,54)(H,49,50)(H,56,57)(H4,34,35,40)(H4,36,37,41)(H4,38,39,42)/t16-,17-,18-,19-,20-,21-/m0/s1. The maximum absolute atomic E-state index is 13.7. The lowest BCUT2D eigenvalue weighted by molar-refractivity contribution is -0.147. The third kappa shape index (κ3) is 23.5. The quantitative estimate of drug-likeness (QED) is 0.0182. The molecule has 0 bridgehead atoms. The van der Waals surface area contributed by atoms with Gasteiger partial charge < -0.3 is 87.8 Å². The molecule has 0 spiro atoms. The molecular formula is C31H60N16O10. The van der Waals surface area contributed by atoms with Crippen LogP contribution in [0.25, 0.3) is 0 Å². The summed E-state index contributed by atoms with van der Waals surface area (Å²) in [5.41, 5.74) is 43.6. The Balaban J connectivity index is 6.30. The fourth-order valence-electron chi connectivity index (χ4n) is 4.89. The zero-order valence-electron chi connectivity index (χ0n) is 31.7. The van der Waals surface area contributed by atoms with Crippen molar-refractivity contribution in [2.75, 3.05) is 32.8 Å². The molecule has 0 unspecified atom stereocenters. The second-order valence-electron chi connectivity index (χ2n) is 12.7. The van der Waals surface area contributed by atoms with Gasteiger partial charge in [-0.3, -0.25) is 43.7 Å². The number of amides is 5. The summed E-state index contributed by atoms with van der Waals surface area (Å²) in [5, 5.41) is 40.4. The normalized spacial score (nSPS) is 13.8. The van der Waals surface area contributed by atoms with Gasteiger partial charge in [0.25, 0.3) is 0 Å². The molecule has 0 fully saturated rings. The van der Waals surface area contributed by atoms with Crippen LogP contribution in [-0.4, -0.2) is 144 Å². The summed E-state index contributed by atoms with van der Waals surface area (Å²) < 4.78 is 0. The van der Waals surface area contributed by atoms with Crippen molar-refractivity contribution < 1.29 is 48.9 Å². The summed E-state index contributed by atoms with van der Waals surface area (Å²) in [5.74, 6) is -8.55. The minimum absolute atomic E-state index is 0.00432. The predicted octanol–water partition coefficient (Wildman–Crippen LogP) is -7.42. The van der Waals surface area contributed by atoms with Crippen LogP contribution in [0.2, 0.25) is 0 Å². The Hall–Kier alpha value is -6.02. The average molecular weight is 817 g/mol. The van der Waals surface area contributed by atoms with Crippen LogP contribution in [0.15, 0.2) is 15.0 Å². The molecule has 0 aliphatic heterocycles. The smallest absolute Gasteiger partial charge is 0.326 e. The van der Waals surface area contributed by atoms with E-state index in [1.54, 1.807) is 0 Å². The summed E-state index contributed by atoms with van der Waals surface area (Å²) in [7, 11) is 0. The number of aliphatic hydroxyl groups is 1. The highest BCUT2D eigenvalue weighted by atomic mass is 16.4. The first kappa shape index (κ1) is 51.0. The zero-order valence-corrected chi connectivity index (χ0v) is 31.7. The molecule has 26 heteroatoms. The molecule has 5 amide bonds. The van der Waals surface area contributed by atoms with Gasteiger partial charge >= 0.3 is 11.9 Å². The highest BCUT2D eigenvalue weighted by molar-refractivity contribution is 5.96. The van der Waals surface area contributed by atoms with Gasteiger partial charge in [0.05, 0.1) is 19.1 Å². The second kappa shape index (κ2) is 28.4. The fraction of sp³-hybridized carbons (Fsp3) is 0.677. The molecule has 0 aromatic rings. The number of nitrogens with zero attached hydrogens (tertiary/aromatic N) is 3. The van der Waals surface area contributed by atoms with Gasteiger partial charge in [-0.25, -0.2) is 4.79 Å². The highest BCUT2D eigenvalue weighted by Crippen LogP contribution is 2.07. The van der Waals surface area contributed by atoms with Crippen LogP contribution in [0.5, 0.6) is 0 Å². The van der Waals surface area contributed by atoms with Gasteiger partial charge in [-0.15, -0.1) is 0 Å². The Bertz CT molecular complexity index is 1420. The SMILES string of the molecule is NCCCC[C@H](N)C(=O)N[C@@H](CCCN=C(N)N)C(=O)N[C@@H](CO)C(=O)N[C@@H](CCCN=C(N)N)C(=O)N[C@@H](CCCN=C(N)N)C(=O)N[C@@H](CC(=O)O)C(=O)O. The number of hydrogen-bond donors (Lipinski definition) is 16. The Morgan fingerprint density at radius 2 is 0.842 bits per heavy atom. The number of aliphatic carboxylic acids is 2. The van der Waals surface area contributed by atoms with Gasteiger partial charge in [-0.2, -0.15) is 0 Å². The lowest BCUT2D eigenvalue weighted by atomic mass is 10.1. The van der Waals surface area contributed by atoms with E-state index in [2.05, 4.69) is 41.6 Å². The monoisotopic (exact) mass is 816 g/mol. The van der Waals surface area contributed by atoms with Crippen LogP contribution < -0.4 is 72.5 Å². The van der Waals surface area contributed by atoms with Crippen LogP contribution in [0.4, 0.5) is 0 Å². The summed E-state index contributed by atoms with van der Waals surface area (Å²) in [6.45, 7) is -0.494. The Labute approximate surface area is 328 Å². The van der Waals surface area contributed by atoms with E-state index in [1.165, 1.54) is 0 Å². The number of aliphatic imine (C=N–C) groups is 3. The summed E-state index contributed by atoms with van der Waals surface area (Å²) >= 11 is 0. The van der Waals surface area contributed by atoms with Gasteiger partial charge in [-0.05, 0) is 57.9 Å². The van der Waals surface area contributed by atoms with Crippen molar-refractivity contribution in [2.45, 2.75) is 100 Å². The Morgan fingerprint density at radius 3 is 1.18 bits per heavy atom. The lowest BCUT2D eigenvalue weighted by Crippen LogP contribution is -2.60. The van der Waals surface area contributed by atoms with E-state index < -0.39 is 90.8 Å². The number of carbonyl (C=O) groups is 7. The number of hydrogen-bond acceptors (Lipinski definition) is 13. The number of guanidine groups is 3. The molecule has 26 nitrogen and oxygen atoms in total. The lowest BCUT2D eigenvalue weighted by Gasteiger charge is -2.26. The van der Waals surface area contributed by atoms with Gasteiger partial charge in [0.2, 0.25) is 29.5 Å². The highest BCUT2D eigenvalue weighted by Gasteiger charge is 2.33. The molecule has 24 N–H and O–H groups in total. The van der Waals surface area contributed by atoms with Gasteiger partial charge in [0.15, 0.2) is 17.9 Å². The molecule has 0 radical (unpaired) electrons. The van der Waals surface area contributed by atoms with E-state index in [-0.39, 0.29) is 82.5 Å². The van der Waals surface area contributed by atoms with Crippen molar-refractivity contribution >= 4 is 59.4 Å². The molecule has 0 aromatic carbocycles. The maximum atomic E-state index is 13.7. The van der Waals surface area contributed by atoms with Gasteiger partial charge in [-0.1, -0.05) is 6.42 Å². The molecule has 0 aliphatic carbocycles. The molecule has 324 valence electrons. The fourth-order valence-corrected chi connectivity index (χ4v) is 4.89. The summed E-state index contributed by atoms with van der Waals surface area (Å²) in [6.07, 6.45) is 0.495. The van der Waals surface area contributed by atoms with E-state index in [4.69, 9.17) is 51.0 Å². The number of nitrogens with two attached hydrogens (primary N) is 8. The molecule has 0 saturated carbocycles. The van der Waals surface area contributed by atoms with Crippen LogP contribution in [-0.2, 0) is 33.6 Å². The van der Waals surface area contributed by atoms with E-state index in [0.717, 1.165) is 0 Å². The van der Waals surface area contributed by atoms with Crippen molar-refractivity contribution in [3.8, 4) is 0 Å². The number of nitrogens with one attached hydrogen (secondary N) is 5. The van der Waals surface area contributed by atoms with E-state index in [0.29, 0.717) is 19.4 Å². The molecule has 0 heterocycles. The van der Waals surface area contributed by atoms with E-state index >= 15 is 0 Å². The minimum atomic E-state index is -1.86. The zero-order chi connectivity index (χ0) is 43.5. The third-order valence-electron chi connectivity index (χ3n) is 7.85. The number of rotatable bonds is 30. The predicted molar refractivity (Wildman–Crippen MR) is 207 cm³/mol. The largest absolute Gasteiger partial charge is 0.481 e. The van der Waals surface area contributed by atoms with Crippen LogP contribution in [0, 0.1) is 0 Å². The van der Waals surface area contributed by atoms with Crippen molar-refractivity contribution in [3.63, 3.8) is 0 Å². The summed E-state index contributed by atoms with van der Waals surface area (Å²) in [6, 6.07) is -8.74. The number of carbonyl (C=O) groups excluding carboxylic acids is 5. The first-order chi connectivity index (χ1) is 26.8. The molecule has 0 aliphatic rings. The number of carboxylic acid groups (broad SMARTS) is 2. The van der Waals surface area contributed by atoms with Crippen LogP contribution in [0.3, 0.4) is 0 Å². The van der Waals surface area contributed by atoms with Crippen molar-refractivity contribution in [2.24, 2.45) is 60.8 Å². The van der Waals surface area contributed by atoms with Crippen molar-refractivity contribution in [3.05, 3.63) is 0 Å². The molecule has 0 rings (SSSR count). The maximum Gasteiger partial charge on any atom is 0.326 e. The van der Waals surface area contributed by atoms with E-state index in [9.17, 15) is 43.8 Å². The minimum Gasteiger partial charge on any atom is -0.481 e. The Morgan fingerprint density at radius 1 is 0.491 bits per heavy atom. The van der Waals surface area contributed by atoms with Crippen molar-refractivity contribution in [1.82, 2.24) is 26.6 Å². The second-order valence-corrected chi connectivity index (χ2v) is 12.7. The van der Waals surface area contributed by atoms with Crippen molar-refractivity contribution in [1.29, 1.82) is 0 Å². The van der Waals surface area contributed by atoms with Crippen LogP contribution >= 0.6 is 0 Å². The first-order valence-electron chi connectivity index (χ1n) is 18.0. The van der Waals surface area contributed by atoms with Gasteiger partial charge in [0, 0.05) is 19.6 Å². The molecule has 0 saturated heterocycles. The molecule has 6 atom stereocenters. The van der Waals surface area contributed by atoms with Crippen LogP contribution in [0.1, 0.15) is 64.2 Å². The molecule has 0 aromatic heterocycles. The molecular weight excluding hydrogens is 756 g/mol. The number of aliphatic hydroxyl groups excluding tert-OH is 1. The number of carboxylic acids is 2. The summed E-state index contributed by atoms with van der Waals surface area (Å²) in [4.78, 5) is 101. The average Bonchev–Trinajstić information content (AvgIpc) is 3.12. The molecule has 57 heavy (non-hydrogen) atoms. The van der Waals surface area contributed by atoms with E-state index in [1.807, 2.05) is 0 Å².